The van der Waals surface area contributed by atoms with E-state index < -0.39 is 0 Å². The number of rotatable bonds is 2. The van der Waals surface area contributed by atoms with Crippen molar-refractivity contribution in [2.75, 3.05) is 24.6 Å². The lowest BCUT2D eigenvalue weighted by Crippen LogP contribution is -2.50. The van der Waals surface area contributed by atoms with Gasteiger partial charge in [0.25, 0.3) is 5.56 Å². The number of nitrogens with two attached hydrogens (primary N) is 1. The Kier molecular flexibility index (Phi) is 5.63. The van der Waals surface area contributed by atoms with Gasteiger partial charge < -0.3 is 15.4 Å². The van der Waals surface area contributed by atoms with Crippen LogP contribution < -0.4 is 16.2 Å². The van der Waals surface area contributed by atoms with Crippen LogP contribution in [0.5, 0.6) is 0 Å². The van der Waals surface area contributed by atoms with E-state index in [0.29, 0.717) is 10.9 Å². The third-order valence-electron chi connectivity index (χ3n) is 6.38. The molecule has 4 rings (SSSR count). The lowest BCUT2D eigenvalue weighted by molar-refractivity contribution is 0.127. The van der Waals surface area contributed by atoms with Crippen LogP contribution in [-0.2, 0) is 4.74 Å². The summed E-state index contributed by atoms with van der Waals surface area (Å²) in [7, 11) is 0. The number of hydrogen-bond donors (Lipinski definition) is 1. The summed E-state index contributed by atoms with van der Waals surface area (Å²) in [5, 5.41) is 0.662. The van der Waals surface area contributed by atoms with Gasteiger partial charge in [0, 0.05) is 36.3 Å². The molecule has 3 aliphatic rings. The van der Waals surface area contributed by atoms with Crippen molar-refractivity contribution >= 4 is 45.7 Å². The van der Waals surface area contributed by atoms with Crippen molar-refractivity contribution in [3.05, 3.63) is 38.9 Å². The molecule has 0 saturated carbocycles. The predicted octanol–water partition coefficient (Wildman–Crippen LogP) is 3.40. The lowest BCUT2D eigenvalue weighted by atomic mass is 9.75. The highest BCUT2D eigenvalue weighted by atomic mass is 127. The third-order valence-corrected chi connectivity index (χ3v) is 8.03. The Morgan fingerprint density at radius 1 is 1.36 bits per heavy atom. The van der Waals surface area contributed by atoms with Crippen molar-refractivity contribution < 1.29 is 4.74 Å². The van der Waals surface area contributed by atoms with E-state index >= 15 is 0 Å². The number of nitrogens with zero attached hydrogens (tertiary/aromatic N) is 3. The monoisotopic (exact) mass is 516 g/mol. The SMILES string of the molecule is CC1=CCCC(n2c(C)nc(N3CCC4(CC3)CO[C@@H](I)[C@H]4N)cc2=O)=C1Cl. The zero-order valence-electron chi connectivity index (χ0n) is 16.3. The van der Waals surface area contributed by atoms with Gasteiger partial charge in [-0.2, -0.15) is 0 Å². The van der Waals surface area contributed by atoms with Gasteiger partial charge in [-0.15, -0.1) is 0 Å². The Morgan fingerprint density at radius 2 is 2.07 bits per heavy atom. The van der Waals surface area contributed by atoms with E-state index in [1.165, 1.54) is 0 Å². The lowest BCUT2D eigenvalue weighted by Gasteiger charge is -2.41. The minimum absolute atomic E-state index is 0.0523. The van der Waals surface area contributed by atoms with Crippen LogP contribution in [-0.4, -0.2) is 39.4 Å². The van der Waals surface area contributed by atoms with Crippen molar-refractivity contribution in [1.29, 1.82) is 0 Å². The summed E-state index contributed by atoms with van der Waals surface area (Å²) in [5.74, 6) is 1.42. The van der Waals surface area contributed by atoms with Gasteiger partial charge in [-0.1, -0.05) is 17.7 Å². The summed E-state index contributed by atoms with van der Waals surface area (Å²) in [6.07, 6.45) is 5.66. The van der Waals surface area contributed by atoms with Gasteiger partial charge in [-0.3, -0.25) is 9.36 Å². The Balaban J connectivity index is 1.58. The Bertz CT molecular complexity index is 902. The second-order valence-electron chi connectivity index (χ2n) is 8.06. The fraction of sp³-hybridized carbons (Fsp3) is 0.600. The largest absolute Gasteiger partial charge is 0.366 e. The van der Waals surface area contributed by atoms with E-state index in [1.807, 2.05) is 13.8 Å². The number of anilines is 1. The van der Waals surface area contributed by atoms with Crippen molar-refractivity contribution in [3.63, 3.8) is 0 Å². The summed E-state index contributed by atoms with van der Waals surface area (Å²) in [6, 6.07) is 1.71. The maximum atomic E-state index is 12.9. The first-order chi connectivity index (χ1) is 13.3. The zero-order chi connectivity index (χ0) is 20.1. The average molecular weight is 517 g/mol. The molecule has 8 heteroatoms. The summed E-state index contributed by atoms with van der Waals surface area (Å²) in [4.78, 5) is 19.9. The molecule has 6 nitrogen and oxygen atoms in total. The van der Waals surface area contributed by atoms with Gasteiger partial charge in [0.05, 0.1) is 11.6 Å². The maximum absolute atomic E-state index is 12.9. The van der Waals surface area contributed by atoms with E-state index in [9.17, 15) is 4.79 Å². The van der Waals surface area contributed by atoms with E-state index in [4.69, 9.17) is 27.1 Å². The second kappa shape index (κ2) is 7.74. The smallest absolute Gasteiger partial charge is 0.259 e. The molecule has 1 spiro atoms. The molecule has 0 aromatic carbocycles. The molecular weight excluding hydrogens is 491 g/mol. The first kappa shape index (κ1) is 20.4. The van der Waals surface area contributed by atoms with E-state index in [0.717, 1.165) is 62.5 Å². The topological polar surface area (TPSA) is 73.4 Å². The van der Waals surface area contributed by atoms with Crippen LogP contribution in [0.4, 0.5) is 5.82 Å². The molecule has 28 heavy (non-hydrogen) atoms. The Hall–Kier alpha value is -0.900. The van der Waals surface area contributed by atoms with Crippen molar-refractivity contribution in [3.8, 4) is 0 Å². The first-order valence-electron chi connectivity index (χ1n) is 9.75. The van der Waals surface area contributed by atoms with Crippen LogP contribution in [0.3, 0.4) is 0 Å². The summed E-state index contributed by atoms with van der Waals surface area (Å²) in [5.41, 5.74) is 8.25. The first-order valence-corrected chi connectivity index (χ1v) is 11.4. The average Bonchev–Trinajstić information content (AvgIpc) is 2.94. The van der Waals surface area contributed by atoms with Crippen LogP contribution >= 0.6 is 34.2 Å². The second-order valence-corrected chi connectivity index (χ2v) is 9.66. The highest BCUT2D eigenvalue weighted by Gasteiger charge is 2.48. The zero-order valence-corrected chi connectivity index (χ0v) is 19.2. The van der Waals surface area contributed by atoms with E-state index in [2.05, 4.69) is 33.6 Å². The molecule has 0 amide bonds. The van der Waals surface area contributed by atoms with Gasteiger partial charge in [0.2, 0.25) is 0 Å². The molecule has 2 aliphatic heterocycles. The van der Waals surface area contributed by atoms with Crippen LogP contribution in [0, 0.1) is 12.3 Å². The number of ether oxygens (including phenoxy) is 1. The standard InChI is InChI=1S/C20H26ClIN4O2/c1-12-4-3-5-14(17(12)21)26-13(2)24-15(10-16(26)27)25-8-6-20(7-9-25)11-28-19(22)18(20)23/h4,10,18-19H,3,5-9,11,23H2,1-2H3/t18-,19-/m1/s1. The highest BCUT2D eigenvalue weighted by Crippen LogP contribution is 2.43. The highest BCUT2D eigenvalue weighted by molar-refractivity contribution is 14.1. The number of piperidine rings is 1. The van der Waals surface area contributed by atoms with Gasteiger partial charge in [-0.05, 0) is 67.7 Å². The minimum Gasteiger partial charge on any atom is -0.366 e. The molecule has 2 fully saturated rings. The molecule has 1 aliphatic carbocycles. The van der Waals surface area contributed by atoms with Crippen LogP contribution in [0.15, 0.2) is 27.5 Å². The number of alkyl halides is 1. The third kappa shape index (κ3) is 3.44. The molecule has 0 bridgehead atoms. The molecule has 2 saturated heterocycles. The van der Waals surface area contributed by atoms with Gasteiger partial charge >= 0.3 is 0 Å². The molecular formula is C20H26ClIN4O2. The fourth-order valence-electron chi connectivity index (χ4n) is 4.52. The number of hydrogen-bond acceptors (Lipinski definition) is 5. The predicted molar refractivity (Wildman–Crippen MR) is 121 cm³/mol. The van der Waals surface area contributed by atoms with Crippen molar-refractivity contribution in [1.82, 2.24) is 9.55 Å². The van der Waals surface area contributed by atoms with Crippen LogP contribution in [0.1, 0.15) is 38.4 Å². The van der Waals surface area contributed by atoms with Crippen molar-refractivity contribution in [2.45, 2.75) is 49.7 Å². The molecule has 152 valence electrons. The molecule has 1 aromatic heterocycles. The summed E-state index contributed by atoms with van der Waals surface area (Å²) in [6.45, 7) is 6.25. The number of halogens is 2. The quantitative estimate of drug-likeness (QED) is 0.482. The van der Waals surface area contributed by atoms with Crippen LogP contribution in [0.25, 0.3) is 5.70 Å². The molecule has 2 N–H and O–H groups in total. The van der Waals surface area contributed by atoms with Crippen LogP contribution in [0.2, 0.25) is 0 Å². The Morgan fingerprint density at radius 3 is 2.68 bits per heavy atom. The van der Waals surface area contributed by atoms with Gasteiger partial charge in [-0.25, -0.2) is 4.98 Å². The maximum Gasteiger partial charge on any atom is 0.259 e. The minimum atomic E-state index is -0.0705. The normalized spacial score (nSPS) is 27.5. The molecule has 2 atom stereocenters. The summed E-state index contributed by atoms with van der Waals surface area (Å²) < 4.78 is 7.54. The molecule has 0 radical (unpaired) electrons. The van der Waals surface area contributed by atoms with E-state index in [1.54, 1.807) is 10.6 Å². The van der Waals surface area contributed by atoms with E-state index in [-0.39, 0.29) is 21.1 Å². The fourth-order valence-corrected chi connectivity index (χ4v) is 5.72. The van der Waals surface area contributed by atoms with Crippen molar-refractivity contribution in [2.24, 2.45) is 11.1 Å². The molecule has 3 heterocycles. The number of aromatic nitrogens is 2. The number of aryl methyl sites for hydroxylation is 1. The summed E-state index contributed by atoms with van der Waals surface area (Å²) >= 11 is 8.77. The molecule has 1 aromatic rings. The van der Waals surface area contributed by atoms with Gasteiger partial charge in [0.15, 0.2) is 0 Å². The number of allylic oxidation sites excluding steroid dienone is 4. The molecule has 0 unspecified atom stereocenters. The van der Waals surface area contributed by atoms with Gasteiger partial charge in [0.1, 0.15) is 15.8 Å². The Labute approximate surface area is 183 Å².